The lowest BCUT2D eigenvalue weighted by molar-refractivity contribution is -0.384. The van der Waals surface area contributed by atoms with Crippen LogP contribution in [0.2, 0.25) is 5.02 Å². The second-order valence-electron chi connectivity index (χ2n) is 6.72. The fourth-order valence-corrected chi connectivity index (χ4v) is 4.24. The number of benzene rings is 3. The number of sulfonamides is 1. The van der Waals surface area contributed by atoms with Crippen molar-refractivity contribution < 1.29 is 28.0 Å². The summed E-state index contributed by atoms with van der Waals surface area (Å²) in [7, 11) is -2.68. The van der Waals surface area contributed by atoms with Crippen molar-refractivity contribution in [3.63, 3.8) is 0 Å². The first kappa shape index (κ1) is 23.7. The predicted octanol–water partition coefficient (Wildman–Crippen LogP) is 4.02. The van der Waals surface area contributed by atoms with Gasteiger partial charge in [-0.2, -0.15) is 0 Å². The maximum atomic E-state index is 13.0. The van der Waals surface area contributed by atoms with Crippen molar-refractivity contribution in [1.29, 1.82) is 0 Å². The van der Waals surface area contributed by atoms with E-state index in [1.165, 1.54) is 49.5 Å². The lowest BCUT2D eigenvalue weighted by atomic mass is 10.1. The van der Waals surface area contributed by atoms with Gasteiger partial charge in [-0.05, 0) is 48.5 Å². The number of non-ortho nitro benzene ring substituents is 1. The quantitative estimate of drug-likeness (QED) is 0.376. The molecule has 2 N–H and O–H groups in total. The number of nitrogens with one attached hydrogen (secondary N) is 1. The molecule has 0 heterocycles. The van der Waals surface area contributed by atoms with E-state index in [-0.39, 0.29) is 16.1 Å². The highest BCUT2D eigenvalue weighted by Gasteiger charge is 2.23. The van der Waals surface area contributed by atoms with Gasteiger partial charge < -0.3 is 10.4 Å². The number of carboxylic acid groups (broad SMARTS) is 1. The van der Waals surface area contributed by atoms with Gasteiger partial charge in [-0.3, -0.25) is 19.2 Å². The molecule has 0 radical (unpaired) electrons. The monoisotopic (exact) mass is 489 g/mol. The van der Waals surface area contributed by atoms with Gasteiger partial charge in [0, 0.05) is 29.8 Å². The molecular weight excluding hydrogens is 474 g/mol. The number of carbonyl (C=O) groups excluding carboxylic acids is 1. The summed E-state index contributed by atoms with van der Waals surface area (Å²) in [6, 6.07) is 14.3. The summed E-state index contributed by atoms with van der Waals surface area (Å²) in [4.78, 5) is 34.1. The molecule has 0 aromatic heterocycles. The fraction of sp³-hybridized carbons (Fsp3) is 0.0476. The number of anilines is 2. The minimum atomic E-state index is -4.03. The molecule has 3 aromatic carbocycles. The Morgan fingerprint density at radius 3 is 2.33 bits per heavy atom. The van der Waals surface area contributed by atoms with E-state index in [0.29, 0.717) is 10.7 Å². The summed E-state index contributed by atoms with van der Waals surface area (Å²) in [5, 5.41) is 23.0. The smallest absolute Gasteiger partial charge is 0.338 e. The number of nitro groups is 1. The highest BCUT2D eigenvalue weighted by Crippen LogP contribution is 2.26. The number of hydrogen-bond donors (Lipinski definition) is 2. The molecule has 0 spiro atoms. The van der Waals surface area contributed by atoms with E-state index in [0.717, 1.165) is 28.6 Å². The Morgan fingerprint density at radius 1 is 1.06 bits per heavy atom. The lowest BCUT2D eigenvalue weighted by Crippen LogP contribution is -2.26. The van der Waals surface area contributed by atoms with Gasteiger partial charge in [0.25, 0.3) is 21.6 Å². The van der Waals surface area contributed by atoms with E-state index >= 15 is 0 Å². The van der Waals surface area contributed by atoms with Gasteiger partial charge in [0.05, 0.1) is 26.8 Å². The second-order valence-corrected chi connectivity index (χ2v) is 9.13. The fourth-order valence-electron chi connectivity index (χ4n) is 2.87. The van der Waals surface area contributed by atoms with E-state index in [9.17, 15) is 33.2 Å². The molecule has 0 unspecified atom stereocenters. The zero-order valence-corrected chi connectivity index (χ0v) is 18.5. The molecule has 0 bridgehead atoms. The van der Waals surface area contributed by atoms with Crippen molar-refractivity contribution in [2.24, 2.45) is 0 Å². The number of nitrogens with zero attached hydrogens (tertiary/aromatic N) is 2. The Hall–Kier alpha value is -3.96. The van der Waals surface area contributed by atoms with Crippen LogP contribution in [0.15, 0.2) is 71.6 Å². The third-order valence-corrected chi connectivity index (χ3v) is 6.67. The summed E-state index contributed by atoms with van der Waals surface area (Å²) in [6.07, 6.45) is 0. The Kier molecular flexibility index (Phi) is 6.65. The molecule has 10 nitrogen and oxygen atoms in total. The van der Waals surface area contributed by atoms with Crippen molar-refractivity contribution >= 4 is 50.6 Å². The van der Waals surface area contributed by atoms with E-state index in [1.54, 1.807) is 0 Å². The zero-order valence-electron chi connectivity index (χ0n) is 16.9. The van der Waals surface area contributed by atoms with Gasteiger partial charge >= 0.3 is 5.97 Å². The third kappa shape index (κ3) is 5.10. The maximum absolute atomic E-state index is 13.0. The minimum Gasteiger partial charge on any atom is -0.478 e. The Bertz CT molecular complexity index is 1360. The van der Waals surface area contributed by atoms with Crippen molar-refractivity contribution in [2.45, 2.75) is 4.90 Å². The first-order valence-corrected chi connectivity index (χ1v) is 11.0. The molecule has 12 heteroatoms. The van der Waals surface area contributed by atoms with Crippen LogP contribution < -0.4 is 9.62 Å². The predicted molar refractivity (Wildman–Crippen MR) is 121 cm³/mol. The molecular formula is C21H16ClN3O7S. The summed E-state index contributed by atoms with van der Waals surface area (Å²) >= 11 is 5.84. The normalized spacial score (nSPS) is 11.0. The molecule has 3 aromatic rings. The largest absolute Gasteiger partial charge is 0.478 e. The number of rotatable bonds is 7. The standard InChI is InChI=1S/C21H16ClN3O7S/c1-24(15-7-5-14(22)6-8-15)33(31,32)17-4-2-3-13(11-17)20(26)23-19-10-9-16(25(29)30)12-18(19)21(27)28/h2-12H,1H3,(H,23,26)(H,27,28). The molecule has 33 heavy (non-hydrogen) atoms. The van der Waals surface area contributed by atoms with Crippen LogP contribution in [0, 0.1) is 10.1 Å². The van der Waals surface area contributed by atoms with E-state index in [4.69, 9.17) is 11.6 Å². The maximum Gasteiger partial charge on any atom is 0.338 e. The van der Waals surface area contributed by atoms with Gasteiger partial charge in [0.2, 0.25) is 0 Å². The number of aromatic carboxylic acids is 1. The van der Waals surface area contributed by atoms with Gasteiger partial charge in [-0.25, -0.2) is 13.2 Å². The number of nitro benzene ring substituents is 1. The minimum absolute atomic E-state index is 0.0599. The van der Waals surface area contributed by atoms with Gasteiger partial charge in [0.15, 0.2) is 0 Å². The van der Waals surface area contributed by atoms with Crippen molar-refractivity contribution in [1.82, 2.24) is 0 Å². The number of amides is 1. The number of halogens is 1. The van der Waals surface area contributed by atoms with Crippen LogP contribution >= 0.6 is 11.6 Å². The molecule has 170 valence electrons. The molecule has 0 saturated heterocycles. The van der Waals surface area contributed by atoms with Crippen molar-refractivity contribution in [3.05, 3.63) is 93.0 Å². The third-order valence-electron chi connectivity index (χ3n) is 4.64. The van der Waals surface area contributed by atoms with Crippen molar-refractivity contribution in [2.75, 3.05) is 16.7 Å². The highest BCUT2D eigenvalue weighted by atomic mass is 35.5. The van der Waals surface area contributed by atoms with E-state index in [2.05, 4.69) is 5.32 Å². The van der Waals surface area contributed by atoms with Crippen LogP contribution in [-0.4, -0.2) is 37.4 Å². The van der Waals surface area contributed by atoms with Gasteiger partial charge in [-0.1, -0.05) is 17.7 Å². The molecule has 0 aliphatic heterocycles. The van der Waals surface area contributed by atoms with E-state index in [1.807, 2.05) is 0 Å². The first-order valence-electron chi connectivity index (χ1n) is 9.18. The lowest BCUT2D eigenvalue weighted by Gasteiger charge is -2.20. The SMILES string of the molecule is CN(c1ccc(Cl)cc1)S(=O)(=O)c1cccc(C(=O)Nc2ccc([N+](=O)[O-])cc2C(=O)O)c1. The average Bonchev–Trinajstić information content (AvgIpc) is 2.79. The van der Waals surface area contributed by atoms with Gasteiger partial charge in [-0.15, -0.1) is 0 Å². The molecule has 3 rings (SSSR count). The van der Waals surface area contributed by atoms with E-state index < -0.39 is 38.1 Å². The summed E-state index contributed by atoms with van der Waals surface area (Å²) in [6.45, 7) is 0. The number of carbonyl (C=O) groups is 2. The molecule has 0 atom stereocenters. The van der Waals surface area contributed by atoms with Crippen LogP contribution in [0.4, 0.5) is 17.1 Å². The first-order chi connectivity index (χ1) is 15.5. The van der Waals surface area contributed by atoms with Crippen LogP contribution in [0.3, 0.4) is 0 Å². The van der Waals surface area contributed by atoms with Crippen LogP contribution in [0.5, 0.6) is 0 Å². The summed E-state index contributed by atoms with van der Waals surface area (Å²) < 4.78 is 27.1. The summed E-state index contributed by atoms with van der Waals surface area (Å²) in [5.41, 5.74) is -0.821. The molecule has 1 amide bonds. The van der Waals surface area contributed by atoms with Crippen LogP contribution in [0.1, 0.15) is 20.7 Å². The molecule has 0 aliphatic rings. The summed E-state index contributed by atoms with van der Waals surface area (Å²) in [5.74, 6) is -2.27. The van der Waals surface area contributed by atoms with Crippen LogP contribution in [0.25, 0.3) is 0 Å². The molecule has 0 fully saturated rings. The average molecular weight is 490 g/mol. The molecule has 0 aliphatic carbocycles. The highest BCUT2D eigenvalue weighted by molar-refractivity contribution is 7.92. The number of carboxylic acids is 1. The van der Waals surface area contributed by atoms with Crippen LogP contribution in [-0.2, 0) is 10.0 Å². The Morgan fingerprint density at radius 2 is 1.73 bits per heavy atom. The van der Waals surface area contributed by atoms with Gasteiger partial charge in [0.1, 0.15) is 0 Å². The zero-order chi connectivity index (χ0) is 24.3. The number of hydrogen-bond acceptors (Lipinski definition) is 6. The topological polar surface area (TPSA) is 147 Å². The van der Waals surface area contributed by atoms with Crippen molar-refractivity contribution in [3.8, 4) is 0 Å². The Balaban J connectivity index is 1.91. The second kappa shape index (κ2) is 9.27. The Labute approximate surface area is 193 Å². The molecule has 0 saturated carbocycles.